The van der Waals surface area contributed by atoms with Gasteiger partial charge in [-0.2, -0.15) is 4.37 Å². The van der Waals surface area contributed by atoms with Crippen molar-refractivity contribution in [3.63, 3.8) is 0 Å². The first-order chi connectivity index (χ1) is 6.24. The molecule has 0 aliphatic carbocycles. The summed E-state index contributed by atoms with van der Waals surface area (Å²) in [6.45, 7) is 4.05. The summed E-state index contributed by atoms with van der Waals surface area (Å²) in [5.74, 6) is -0.196. The maximum Gasteiger partial charge on any atom is 0.255 e. The van der Waals surface area contributed by atoms with E-state index in [1.807, 2.05) is 6.92 Å². The van der Waals surface area contributed by atoms with Crippen molar-refractivity contribution in [3.05, 3.63) is 6.33 Å². The second-order valence-corrected chi connectivity index (χ2v) is 3.11. The van der Waals surface area contributed by atoms with E-state index in [9.17, 15) is 4.79 Å². The Balaban J connectivity index is 2.41. The van der Waals surface area contributed by atoms with E-state index in [4.69, 9.17) is 4.74 Å². The highest BCUT2D eigenvalue weighted by molar-refractivity contribution is 7.09. The maximum absolute atomic E-state index is 11.3. The van der Waals surface area contributed by atoms with Crippen molar-refractivity contribution in [2.45, 2.75) is 20.0 Å². The minimum absolute atomic E-state index is 0.196. The minimum Gasteiger partial charge on any atom is -0.369 e. The van der Waals surface area contributed by atoms with Crippen LogP contribution in [0.25, 0.3) is 0 Å². The number of hydrogen-bond acceptors (Lipinski definition) is 5. The van der Waals surface area contributed by atoms with Crippen molar-refractivity contribution >= 4 is 22.6 Å². The molecule has 1 N–H and O–H groups in total. The van der Waals surface area contributed by atoms with Crippen molar-refractivity contribution in [2.24, 2.45) is 0 Å². The SMILES string of the molecule is CCOC(C)C(=O)Nc1ncns1. The van der Waals surface area contributed by atoms with E-state index in [1.165, 1.54) is 6.33 Å². The summed E-state index contributed by atoms with van der Waals surface area (Å²) in [7, 11) is 0. The number of amides is 1. The number of rotatable bonds is 4. The average Bonchev–Trinajstić information content (AvgIpc) is 2.57. The Bertz CT molecular complexity index is 263. The minimum atomic E-state index is -0.450. The summed E-state index contributed by atoms with van der Waals surface area (Å²) in [6.07, 6.45) is 0.944. The van der Waals surface area contributed by atoms with Crippen LogP contribution in [0.2, 0.25) is 0 Å². The third-order valence-electron chi connectivity index (χ3n) is 1.38. The number of ether oxygens (including phenoxy) is 1. The highest BCUT2D eigenvalue weighted by atomic mass is 32.1. The molecule has 6 heteroatoms. The van der Waals surface area contributed by atoms with E-state index in [0.717, 1.165) is 11.5 Å². The molecule has 1 atom stereocenters. The van der Waals surface area contributed by atoms with Crippen LogP contribution in [-0.4, -0.2) is 28.0 Å². The van der Waals surface area contributed by atoms with Gasteiger partial charge >= 0.3 is 0 Å². The number of nitrogens with zero attached hydrogens (tertiary/aromatic N) is 2. The molecular weight excluding hydrogens is 190 g/mol. The number of carbonyl (C=O) groups is 1. The zero-order valence-corrected chi connectivity index (χ0v) is 8.30. The zero-order valence-electron chi connectivity index (χ0n) is 7.48. The number of anilines is 1. The van der Waals surface area contributed by atoms with E-state index in [2.05, 4.69) is 14.7 Å². The van der Waals surface area contributed by atoms with Gasteiger partial charge in [-0.3, -0.25) is 10.1 Å². The smallest absolute Gasteiger partial charge is 0.255 e. The molecule has 0 fully saturated rings. The van der Waals surface area contributed by atoms with Gasteiger partial charge in [-0.05, 0) is 13.8 Å². The lowest BCUT2D eigenvalue weighted by atomic mass is 10.4. The summed E-state index contributed by atoms with van der Waals surface area (Å²) in [4.78, 5) is 15.1. The Kier molecular flexibility index (Phi) is 3.78. The Morgan fingerprint density at radius 1 is 1.85 bits per heavy atom. The molecule has 1 aromatic heterocycles. The molecular formula is C7H11N3O2S. The standard InChI is InChI=1S/C7H11N3O2S/c1-3-12-5(2)6(11)10-7-8-4-9-13-7/h4-5H,3H2,1-2H3,(H,8,9,10,11). The third kappa shape index (κ3) is 3.08. The fraction of sp³-hybridized carbons (Fsp3) is 0.571. The van der Waals surface area contributed by atoms with Crippen LogP contribution in [0.5, 0.6) is 0 Å². The van der Waals surface area contributed by atoms with Gasteiger partial charge in [0.15, 0.2) is 0 Å². The van der Waals surface area contributed by atoms with Crippen LogP contribution in [-0.2, 0) is 9.53 Å². The lowest BCUT2D eigenvalue weighted by Gasteiger charge is -2.09. The van der Waals surface area contributed by atoms with Crippen LogP contribution in [0.3, 0.4) is 0 Å². The lowest BCUT2D eigenvalue weighted by molar-refractivity contribution is -0.126. The molecule has 0 radical (unpaired) electrons. The van der Waals surface area contributed by atoms with E-state index in [-0.39, 0.29) is 5.91 Å². The van der Waals surface area contributed by atoms with Gasteiger partial charge in [0.05, 0.1) is 0 Å². The van der Waals surface area contributed by atoms with Crippen molar-refractivity contribution < 1.29 is 9.53 Å². The first-order valence-electron chi connectivity index (χ1n) is 3.93. The molecule has 1 heterocycles. The van der Waals surface area contributed by atoms with Gasteiger partial charge in [0.25, 0.3) is 5.91 Å². The molecule has 1 unspecified atom stereocenters. The lowest BCUT2D eigenvalue weighted by Crippen LogP contribution is -2.27. The third-order valence-corrected chi connectivity index (χ3v) is 1.96. The molecule has 0 aliphatic heterocycles. The van der Waals surface area contributed by atoms with Crippen LogP contribution in [0.1, 0.15) is 13.8 Å². The van der Waals surface area contributed by atoms with Gasteiger partial charge in [0.1, 0.15) is 12.4 Å². The predicted octanol–water partition coefficient (Wildman–Crippen LogP) is 0.902. The molecule has 13 heavy (non-hydrogen) atoms. The normalized spacial score (nSPS) is 12.5. The second-order valence-electron chi connectivity index (χ2n) is 2.33. The topological polar surface area (TPSA) is 64.1 Å². The molecule has 1 amide bonds. The highest BCUT2D eigenvalue weighted by Crippen LogP contribution is 2.07. The van der Waals surface area contributed by atoms with Crippen LogP contribution < -0.4 is 5.32 Å². The first kappa shape index (κ1) is 10.1. The van der Waals surface area contributed by atoms with E-state index in [1.54, 1.807) is 6.92 Å². The fourth-order valence-corrected chi connectivity index (χ4v) is 1.20. The monoisotopic (exact) mass is 201 g/mol. The predicted molar refractivity (Wildman–Crippen MR) is 49.6 cm³/mol. The Morgan fingerprint density at radius 2 is 2.62 bits per heavy atom. The number of carbonyl (C=O) groups excluding carboxylic acids is 1. The molecule has 0 aromatic carbocycles. The number of nitrogens with one attached hydrogen (secondary N) is 1. The fourth-order valence-electron chi connectivity index (χ4n) is 0.761. The van der Waals surface area contributed by atoms with Gasteiger partial charge in [-0.25, -0.2) is 4.98 Å². The Labute approximate surface area is 80.3 Å². The van der Waals surface area contributed by atoms with Gasteiger partial charge < -0.3 is 4.74 Å². The van der Waals surface area contributed by atoms with Crippen LogP contribution in [0, 0.1) is 0 Å². The molecule has 0 bridgehead atoms. The molecule has 72 valence electrons. The molecule has 1 aromatic rings. The summed E-state index contributed by atoms with van der Waals surface area (Å²) in [5.41, 5.74) is 0. The zero-order chi connectivity index (χ0) is 9.68. The van der Waals surface area contributed by atoms with Gasteiger partial charge in [-0.15, -0.1) is 0 Å². The van der Waals surface area contributed by atoms with E-state index in [0.29, 0.717) is 11.7 Å². The van der Waals surface area contributed by atoms with Crippen LogP contribution in [0.15, 0.2) is 6.33 Å². The summed E-state index contributed by atoms with van der Waals surface area (Å²) >= 11 is 1.14. The summed E-state index contributed by atoms with van der Waals surface area (Å²) in [6, 6.07) is 0. The molecule has 5 nitrogen and oxygen atoms in total. The van der Waals surface area contributed by atoms with Crippen molar-refractivity contribution in [3.8, 4) is 0 Å². The number of hydrogen-bond donors (Lipinski definition) is 1. The maximum atomic E-state index is 11.3. The Hall–Kier alpha value is -1.01. The molecule has 0 saturated heterocycles. The average molecular weight is 201 g/mol. The summed E-state index contributed by atoms with van der Waals surface area (Å²) in [5, 5.41) is 3.08. The summed E-state index contributed by atoms with van der Waals surface area (Å²) < 4.78 is 8.85. The largest absolute Gasteiger partial charge is 0.369 e. The van der Waals surface area contributed by atoms with Gasteiger partial charge in [0, 0.05) is 18.1 Å². The van der Waals surface area contributed by atoms with Crippen LogP contribution in [0.4, 0.5) is 5.13 Å². The van der Waals surface area contributed by atoms with Gasteiger partial charge in [0.2, 0.25) is 5.13 Å². The van der Waals surface area contributed by atoms with E-state index >= 15 is 0 Å². The first-order valence-corrected chi connectivity index (χ1v) is 4.70. The molecule has 0 saturated carbocycles. The second kappa shape index (κ2) is 4.88. The van der Waals surface area contributed by atoms with Gasteiger partial charge in [-0.1, -0.05) is 0 Å². The van der Waals surface area contributed by atoms with Crippen molar-refractivity contribution in [1.29, 1.82) is 0 Å². The highest BCUT2D eigenvalue weighted by Gasteiger charge is 2.13. The van der Waals surface area contributed by atoms with E-state index < -0.39 is 6.10 Å². The van der Waals surface area contributed by atoms with Crippen LogP contribution >= 0.6 is 11.5 Å². The van der Waals surface area contributed by atoms with Crippen molar-refractivity contribution in [1.82, 2.24) is 9.36 Å². The van der Waals surface area contributed by atoms with Crippen molar-refractivity contribution in [2.75, 3.05) is 11.9 Å². The number of aromatic nitrogens is 2. The molecule has 1 rings (SSSR count). The molecule has 0 spiro atoms. The Morgan fingerprint density at radius 3 is 3.15 bits per heavy atom. The quantitative estimate of drug-likeness (QED) is 0.786. The molecule has 0 aliphatic rings.